The van der Waals surface area contributed by atoms with Gasteiger partial charge in [0, 0.05) is 0 Å². The van der Waals surface area contributed by atoms with Crippen molar-refractivity contribution in [1.29, 1.82) is 0 Å². The molecule has 1 N–H and O–H groups in total. The summed E-state index contributed by atoms with van der Waals surface area (Å²) in [5, 5.41) is 3.57. The molecule has 0 amide bonds. The average Bonchev–Trinajstić information content (AvgIpc) is 2.03. The van der Waals surface area contributed by atoms with Crippen molar-refractivity contribution in [2.45, 2.75) is 51.7 Å². The molecule has 1 saturated carbocycles. The molecule has 2 fully saturated rings. The molecule has 0 radical (unpaired) electrons. The topological polar surface area (TPSA) is 21.3 Å². The molecule has 1 spiro atoms. The van der Waals surface area contributed by atoms with Crippen molar-refractivity contribution in [2.24, 2.45) is 5.41 Å². The molecule has 76 valence electrons. The zero-order chi connectivity index (χ0) is 9.36. The first-order chi connectivity index (χ1) is 6.12. The van der Waals surface area contributed by atoms with Gasteiger partial charge in [0.15, 0.2) is 0 Å². The number of hydrogen-bond donors (Lipinski definition) is 1. The SMILES string of the molecule is CC1(C)CCCC2(C1)NCCCO2. The fourth-order valence-electron chi connectivity index (χ4n) is 2.78. The van der Waals surface area contributed by atoms with Gasteiger partial charge in [-0.15, -0.1) is 0 Å². The molecular weight excluding hydrogens is 162 g/mol. The number of ether oxygens (including phenoxy) is 1. The van der Waals surface area contributed by atoms with Crippen molar-refractivity contribution in [3.05, 3.63) is 0 Å². The molecular formula is C11H21NO. The predicted molar refractivity (Wildman–Crippen MR) is 53.6 cm³/mol. The van der Waals surface area contributed by atoms with Gasteiger partial charge >= 0.3 is 0 Å². The molecule has 1 aliphatic carbocycles. The van der Waals surface area contributed by atoms with Gasteiger partial charge in [-0.1, -0.05) is 13.8 Å². The van der Waals surface area contributed by atoms with Crippen LogP contribution in [0.4, 0.5) is 0 Å². The van der Waals surface area contributed by atoms with E-state index < -0.39 is 0 Å². The highest BCUT2D eigenvalue weighted by molar-refractivity contribution is 4.91. The summed E-state index contributed by atoms with van der Waals surface area (Å²) in [4.78, 5) is 0. The summed E-state index contributed by atoms with van der Waals surface area (Å²) < 4.78 is 5.93. The van der Waals surface area contributed by atoms with Gasteiger partial charge in [0.25, 0.3) is 0 Å². The van der Waals surface area contributed by atoms with Crippen LogP contribution in [-0.2, 0) is 4.74 Å². The van der Waals surface area contributed by atoms with E-state index in [1.165, 1.54) is 32.1 Å². The van der Waals surface area contributed by atoms with Crippen LogP contribution in [0.5, 0.6) is 0 Å². The van der Waals surface area contributed by atoms with Gasteiger partial charge in [0.05, 0.1) is 6.61 Å². The van der Waals surface area contributed by atoms with Crippen LogP contribution in [0.1, 0.15) is 46.0 Å². The summed E-state index contributed by atoms with van der Waals surface area (Å²) in [6.45, 7) is 6.79. The minimum atomic E-state index is 0.0417. The summed E-state index contributed by atoms with van der Waals surface area (Å²) >= 11 is 0. The Labute approximate surface area is 81.0 Å². The summed E-state index contributed by atoms with van der Waals surface area (Å²) in [6.07, 6.45) is 6.21. The molecule has 0 aromatic carbocycles. The van der Waals surface area contributed by atoms with Gasteiger partial charge in [-0.3, -0.25) is 5.32 Å². The zero-order valence-electron chi connectivity index (χ0n) is 8.86. The van der Waals surface area contributed by atoms with E-state index in [1.54, 1.807) is 0 Å². The lowest BCUT2D eigenvalue weighted by atomic mass is 9.73. The standard InChI is InChI=1S/C11H21NO/c1-10(2)5-3-6-11(9-10)12-7-4-8-13-11/h12H,3-9H2,1-2H3. The van der Waals surface area contributed by atoms with Crippen molar-refractivity contribution in [3.63, 3.8) is 0 Å². The van der Waals surface area contributed by atoms with Gasteiger partial charge < -0.3 is 4.74 Å². The predicted octanol–water partition coefficient (Wildman–Crippen LogP) is 2.29. The lowest BCUT2D eigenvalue weighted by molar-refractivity contribution is -0.139. The zero-order valence-corrected chi connectivity index (χ0v) is 8.86. The smallest absolute Gasteiger partial charge is 0.119 e. The lowest BCUT2D eigenvalue weighted by Crippen LogP contribution is -2.55. The minimum Gasteiger partial charge on any atom is -0.361 e. The van der Waals surface area contributed by atoms with E-state index in [9.17, 15) is 0 Å². The van der Waals surface area contributed by atoms with Gasteiger partial charge in [-0.05, 0) is 44.1 Å². The summed E-state index contributed by atoms with van der Waals surface area (Å²) in [6, 6.07) is 0. The van der Waals surface area contributed by atoms with E-state index in [0.29, 0.717) is 5.41 Å². The third kappa shape index (κ3) is 2.05. The van der Waals surface area contributed by atoms with E-state index >= 15 is 0 Å². The van der Waals surface area contributed by atoms with Crippen LogP contribution in [0.25, 0.3) is 0 Å². The van der Waals surface area contributed by atoms with Gasteiger partial charge in [0.2, 0.25) is 0 Å². The molecule has 0 bridgehead atoms. The van der Waals surface area contributed by atoms with Gasteiger partial charge in [-0.2, -0.15) is 0 Å². The Kier molecular flexibility index (Phi) is 2.37. The van der Waals surface area contributed by atoms with Crippen LogP contribution in [0.15, 0.2) is 0 Å². The second-order valence-electron chi connectivity index (χ2n) is 5.32. The Bertz CT molecular complexity index is 177. The maximum atomic E-state index is 5.93. The Morgan fingerprint density at radius 1 is 1.15 bits per heavy atom. The highest BCUT2D eigenvalue weighted by Crippen LogP contribution is 2.42. The molecule has 1 saturated heterocycles. The molecule has 0 aromatic heterocycles. The van der Waals surface area contributed by atoms with Crippen LogP contribution in [-0.4, -0.2) is 18.9 Å². The monoisotopic (exact) mass is 183 g/mol. The molecule has 2 nitrogen and oxygen atoms in total. The van der Waals surface area contributed by atoms with Crippen LogP contribution in [0.3, 0.4) is 0 Å². The maximum Gasteiger partial charge on any atom is 0.119 e. The first-order valence-corrected chi connectivity index (χ1v) is 5.51. The van der Waals surface area contributed by atoms with E-state index in [4.69, 9.17) is 4.74 Å². The first-order valence-electron chi connectivity index (χ1n) is 5.51. The van der Waals surface area contributed by atoms with Crippen molar-refractivity contribution in [2.75, 3.05) is 13.2 Å². The first kappa shape index (κ1) is 9.47. The van der Waals surface area contributed by atoms with Gasteiger partial charge in [-0.25, -0.2) is 0 Å². The van der Waals surface area contributed by atoms with Crippen molar-refractivity contribution >= 4 is 0 Å². The number of hydrogen-bond acceptors (Lipinski definition) is 2. The summed E-state index contributed by atoms with van der Waals surface area (Å²) in [7, 11) is 0. The maximum absolute atomic E-state index is 5.93. The Hall–Kier alpha value is -0.0800. The molecule has 1 atom stereocenters. The second kappa shape index (κ2) is 3.25. The molecule has 1 heterocycles. The largest absolute Gasteiger partial charge is 0.361 e. The fraction of sp³-hybridized carbons (Fsp3) is 1.00. The van der Waals surface area contributed by atoms with Crippen molar-refractivity contribution in [1.82, 2.24) is 5.32 Å². The van der Waals surface area contributed by atoms with Crippen molar-refractivity contribution < 1.29 is 4.74 Å². The Morgan fingerprint density at radius 3 is 2.62 bits per heavy atom. The number of nitrogens with one attached hydrogen (secondary N) is 1. The Morgan fingerprint density at radius 2 is 2.00 bits per heavy atom. The molecule has 2 aliphatic rings. The molecule has 1 aliphatic heterocycles. The highest BCUT2D eigenvalue weighted by atomic mass is 16.5. The third-order valence-electron chi connectivity index (χ3n) is 3.34. The average molecular weight is 183 g/mol. The van der Waals surface area contributed by atoms with Crippen LogP contribution in [0.2, 0.25) is 0 Å². The fourth-order valence-corrected chi connectivity index (χ4v) is 2.78. The third-order valence-corrected chi connectivity index (χ3v) is 3.34. The molecule has 2 rings (SSSR count). The molecule has 13 heavy (non-hydrogen) atoms. The molecule has 0 aromatic rings. The van der Waals surface area contributed by atoms with Crippen LogP contribution in [0, 0.1) is 5.41 Å². The van der Waals surface area contributed by atoms with Crippen LogP contribution >= 0.6 is 0 Å². The molecule has 2 heteroatoms. The van der Waals surface area contributed by atoms with E-state index in [-0.39, 0.29) is 5.72 Å². The highest BCUT2D eigenvalue weighted by Gasteiger charge is 2.41. The second-order valence-corrected chi connectivity index (χ2v) is 5.32. The van der Waals surface area contributed by atoms with Gasteiger partial charge in [0.1, 0.15) is 5.72 Å². The Balaban J connectivity index is 2.04. The summed E-state index contributed by atoms with van der Waals surface area (Å²) in [5.41, 5.74) is 0.503. The van der Waals surface area contributed by atoms with E-state index in [2.05, 4.69) is 19.2 Å². The van der Waals surface area contributed by atoms with Crippen molar-refractivity contribution in [3.8, 4) is 0 Å². The lowest BCUT2D eigenvalue weighted by Gasteiger charge is -2.47. The normalized spacial score (nSPS) is 39.2. The number of rotatable bonds is 0. The minimum absolute atomic E-state index is 0.0417. The summed E-state index contributed by atoms with van der Waals surface area (Å²) in [5.74, 6) is 0. The molecule has 1 unspecified atom stereocenters. The van der Waals surface area contributed by atoms with Crippen LogP contribution < -0.4 is 5.32 Å². The van der Waals surface area contributed by atoms with E-state index in [1.807, 2.05) is 0 Å². The van der Waals surface area contributed by atoms with E-state index in [0.717, 1.165) is 13.2 Å². The quantitative estimate of drug-likeness (QED) is 0.622.